The second kappa shape index (κ2) is 71.0. The number of carbonyl (C=O) groups is 4. The molecule has 600 valence electrons. The van der Waals surface area contributed by atoms with E-state index in [1.165, 1.54) is 218 Å². The molecule has 3 N–H and O–H groups in total. The summed E-state index contributed by atoms with van der Waals surface area (Å²) in [7, 11) is -9.92. The van der Waals surface area contributed by atoms with E-state index in [2.05, 4.69) is 55.4 Å². The Bertz CT molecular complexity index is 1970. The van der Waals surface area contributed by atoms with Gasteiger partial charge < -0.3 is 33.8 Å². The zero-order chi connectivity index (χ0) is 74.6. The molecule has 0 amide bonds. The Morgan fingerprint density at radius 1 is 0.248 bits per heavy atom. The number of hydrogen-bond acceptors (Lipinski definition) is 15. The second-order valence-electron chi connectivity index (χ2n) is 31.4. The molecular weight excluding hydrogens is 1320 g/mol. The smallest absolute Gasteiger partial charge is 0.462 e. The van der Waals surface area contributed by atoms with Gasteiger partial charge in [-0.3, -0.25) is 37.3 Å². The van der Waals surface area contributed by atoms with Gasteiger partial charge in [-0.15, -0.1) is 0 Å². The Labute approximate surface area is 619 Å². The van der Waals surface area contributed by atoms with E-state index in [0.717, 1.165) is 114 Å². The van der Waals surface area contributed by atoms with Crippen molar-refractivity contribution in [2.75, 3.05) is 39.6 Å². The first-order valence-corrected chi connectivity index (χ1v) is 45.2. The molecule has 0 saturated heterocycles. The fraction of sp³-hybridized carbons (Fsp3) is 0.951. The normalized spacial score (nSPS) is 14.0. The van der Waals surface area contributed by atoms with Gasteiger partial charge in [0.25, 0.3) is 0 Å². The van der Waals surface area contributed by atoms with Crippen molar-refractivity contribution in [3.63, 3.8) is 0 Å². The summed E-state index contributed by atoms with van der Waals surface area (Å²) in [6.45, 7) is 14.3. The number of carbonyl (C=O) groups excluding carboxylic acids is 4. The first-order valence-electron chi connectivity index (χ1n) is 42.2. The Balaban J connectivity index is 5.25. The molecule has 17 nitrogen and oxygen atoms in total. The molecule has 0 heterocycles. The van der Waals surface area contributed by atoms with E-state index in [1.54, 1.807) is 0 Å². The number of unbranched alkanes of at least 4 members (excludes halogenated alkanes) is 45. The standard InChI is InChI=1S/C82H160O17P2/c1-72(2)58-50-42-34-27-21-15-11-9-13-17-24-30-38-46-54-62-79(84)92-68-77(98-81(86)64-56-48-39-31-25-18-14-10-12-16-22-28-35-43-51-59-73(3)4)70-96-100(88,89)94-66-76(83)67-95-101(90,91)97-71-78(69-93-80(85)63-55-47-41-33-37-45-53-61-75(7)8)99-82(87)65-57-49-40-32-26-20-19-23-29-36-44-52-60-74(5)6/h72-78,83H,9-71H2,1-8H3,(H,88,89)(H,90,91)/t76?,77-,78-/m1/s1. The van der Waals surface area contributed by atoms with Crippen molar-refractivity contribution in [2.24, 2.45) is 23.7 Å². The van der Waals surface area contributed by atoms with E-state index < -0.39 is 97.5 Å². The lowest BCUT2D eigenvalue weighted by Crippen LogP contribution is -2.30. The predicted molar refractivity (Wildman–Crippen MR) is 414 cm³/mol. The fourth-order valence-electron chi connectivity index (χ4n) is 12.6. The Kier molecular flexibility index (Phi) is 69.6. The maximum atomic E-state index is 13.1. The first-order chi connectivity index (χ1) is 48.6. The molecule has 0 radical (unpaired) electrons. The van der Waals surface area contributed by atoms with Crippen LogP contribution < -0.4 is 0 Å². The Morgan fingerprint density at radius 2 is 0.416 bits per heavy atom. The van der Waals surface area contributed by atoms with Gasteiger partial charge in [-0.1, -0.05) is 370 Å². The van der Waals surface area contributed by atoms with Gasteiger partial charge in [-0.2, -0.15) is 0 Å². The largest absolute Gasteiger partial charge is 0.472 e. The van der Waals surface area contributed by atoms with Crippen LogP contribution in [-0.4, -0.2) is 96.7 Å². The van der Waals surface area contributed by atoms with Crippen molar-refractivity contribution in [2.45, 2.75) is 440 Å². The number of aliphatic hydroxyl groups excluding tert-OH is 1. The van der Waals surface area contributed by atoms with Crippen LogP contribution in [0.3, 0.4) is 0 Å². The summed E-state index contributed by atoms with van der Waals surface area (Å²) in [5, 5.41) is 10.6. The van der Waals surface area contributed by atoms with Gasteiger partial charge in [-0.25, -0.2) is 9.13 Å². The van der Waals surface area contributed by atoms with Crippen molar-refractivity contribution in [3.8, 4) is 0 Å². The number of phosphoric ester groups is 2. The lowest BCUT2D eigenvalue weighted by Gasteiger charge is -2.21. The summed E-state index contributed by atoms with van der Waals surface area (Å²) in [5.41, 5.74) is 0. The average molecular weight is 1480 g/mol. The van der Waals surface area contributed by atoms with Crippen molar-refractivity contribution in [3.05, 3.63) is 0 Å². The predicted octanol–water partition coefficient (Wildman–Crippen LogP) is 24.4. The van der Waals surface area contributed by atoms with E-state index >= 15 is 0 Å². The highest BCUT2D eigenvalue weighted by molar-refractivity contribution is 7.47. The molecule has 0 aromatic carbocycles. The van der Waals surface area contributed by atoms with Crippen molar-refractivity contribution < 1.29 is 80.2 Å². The average Bonchev–Trinajstić information content (AvgIpc) is 0.946. The van der Waals surface area contributed by atoms with E-state index in [1.807, 2.05) is 0 Å². The first kappa shape index (κ1) is 99.1. The maximum absolute atomic E-state index is 13.1. The molecule has 0 rings (SSSR count). The highest BCUT2D eigenvalue weighted by atomic mass is 31.2. The van der Waals surface area contributed by atoms with Crippen LogP contribution in [0.25, 0.3) is 0 Å². The minimum Gasteiger partial charge on any atom is -0.462 e. The van der Waals surface area contributed by atoms with Crippen LogP contribution in [0.2, 0.25) is 0 Å². The highest BCUT2D eigenvalue weighted by Crippen LogP contribution is 2.45. The molecule has 101 heavy (non-hydrogen) atoms. The maximum Gasteiger partial charge on any atom is 0.472 e. The van der Waals surface area contributed by atoms with Gasteiger partial charge in [0.1, 0.15) is 19.3 Å². The van der Waals surface area contributed by atoms with Crippen LogP contribution in [0, 0.1) is 23.7 Å². The number of aliphatic hydroxyl groups is 1. The molecule has 0 fully saturated rings. The molecule has 5 atom stereocenters. The molecule has 0 aliphatic rings. The van der Waals surface area contributed by atoms with Gasteiger partial charge in [0.15, 0.2) is 12.2 Å². The minimum atomic E-state index is -4.96. The zero-order valence-electron chi connectivity index (χ0n) is 66.5. The number of hydrogen-bond donors (Lipinski definition) is 3. The van der Waals surface area contributed by atoms with Crippen LogP contribution in [-0.2, 0) is 65.4 Å². The third kappa shape index (κ3) is 76.1. The van der Waals surface area contributed by atoms with Gasteiger partial charge in [0.2, 0.25) is 0 Å². The van der Waals surface area contributed by atoms with Crippen molar-refractivity contribution in [1.82, 2.24) is 0 Å². The third-order valence-electron chi connectivity index (χ3n) is 19.1. The van der Waals surface area contributed by atoms with E-state index in [9.17, 15) is 43.2 Å². The number of ether oxygens (including phenoxy) is 4. The Morgan fingerprint density at radius 3 is 0.614 bits per heavy atom. The molecule has 0 saturated carbocycles. The van der Waals surface area contributed by atoms with Crippen LogP contribution in [0.15, 0.2) is 0 Å². The topological polar surface area (TPSA) is 237 Å². The van der Waals surface area contributed by atoms with E-state index in [-0.39, 0.29) is 25.7 Å². The van der Waals surface area contributed by atoms with Crippen molar-refractivity contribution >= 4 is 39.5 Å². The minimum absolute atomic E-state index is 0.106. The molecule has 0 bridgehead atoms. The summed E-state index contributed by atoms with van der Waals surface area (Å²) in [6, 6.07) is 0. The molecule has 0 aliphatic carbocycles. The SMILES string of the molecule is CC(C)CCCCCCCCCCCCCCCCCC(=O)OC[C@H](COP(=O)(O)OCC(O)COP(=O)(O)OC[C@@H](COC(=O)CCCCCCCCCC(C)C)OC(=O)CCCCCCCCCCCCCCC(C)C)OC(=O)CCCCCCCCCCCCCCCCCC(C)C. The van der Waals surface area contributed by atoms with Crippen LogP contribution in [0.5, 0.6) is 0 Å². The van der Waals surface area contributed by atoms with Crippen LogP contribution >= 0.6 is 15.6 Å². The summed E-state index contributed by atoms with van der Waals surface area (Å²) in [6.07, 6.45) is 58.3. The summed E-state index contributed by atoms with van der Waals surface area (Å²) >= 11 is 0. The van der Waals surface area contributed by atoms with E-state index in [0.29, 0.717) is 31.6 Å². The van der Waals surface area contributed by atoms with Gasteiger partial charge in [0, 0.05) is 25.7 Å². The van der Waals surface area contributed by atoms with Crippen molar-refractivity contribution in [1.29, 1.82) is 0 Å². The highest BCUT2D eigenvalue weighted by Gasteiger charge is 2.30. The van der Waals surface area contributed by atoms with Crippen LogP contribution in [0.1, 0.15) is 421 Å². The van der Waals surface area contributed by atoms with Gasteiger partial charge in [-0.05, 0) is 49.4 Å². The Hall–Kier alpha value is -1.94. The third-order valence-corrected chi connectivity index (χ3v) is 21.0. The molecule has 0 spiro atoms. The summed E-state index contributed by atoms with van der Waals surface area (Å²) in [4.78, 5) is 73.1. The zero-order valence-corrected chi connectivity index (χ0v) is 68.3. The fourth-order valence-corrected chi connectivity index (χ4v) is 14.2. The lowest BCUT2D eigenvalue weighted by atomic mass is 10.0. The summed E-state index contributed by atoms with van der Waals surface area (Å²) < 4.78 is 68.7. The van der Waals surface area contributed by atoms with Crippen LogP contribution in [0.4, 0.5) is 0 Å². The van der Waals surface area contributed by atoms with E-state index in [4.69, 9.17) is 37.0 Å². The lowest BCUT2D eigenvalue weighted by molar-refractivity contribution is -0.161. The monoisotopic (exact) mass is 1480 g/mol. The molecule has 0 aromatic heterocycles. The molecule has 0 aromatic rings. The molecule has 0 aliphatic heterocycles. The number of phosphoric acid groups is 2. The van der Waals surface area contributed by atoms with Gasteiger partial charge in [0.05, 0.1) is 26.4 Å². The molecule has 19 heteroatoms. The molecule has 3 unspecified atom stereocenters. The quantitative estimate of drug-likeness (QED) is 0.0222. The van der Waals surface area contributed by atoms with Gasteiger partial charge >= 0.3 is 39.5 Å². The second-order valence-corrected chi connectivity index (χ2v) is 34.3. The number of esters is 4. The summed E-state index contributed by atoms with van der Waals surface area (Å²) in [5.74, 6) is 0.978. The number of rotatable bonds is 79. The molecular formula is C82H160O17P2.